The minimum Gasteiger partial charge on any atom is -0.468 e. The van der Waals surface area contributed by atoms with Gasteiger partial charge in [0.1, 0.15) is 6.54 Å². The summed E-state index contributed by atoms with van der Waals surface area (Å²) < 4.78 is 7.56. The molecule has 146 valence electrons. The third kappa shape index (κ3) is 4.20. The van der Waals surface area contributed by atoms with E-state index in [2.05, 4.69) is 24.9 Å². The molecular weight excluding hydrogens is 392 g/mol. The lowest BCUT2D eigenvalue weighted by molar-refractivity contribution is -0.141. The van der Waals surface area contributed by atoms with Gasteiger partial charge in [-0.2, -0.15) is 4.99 Å². The number of methoxy groups -OCH3 is 1. The number of thioether (sulfide) groups is 1. The fraction of sp³-hybridized carbons (Fsp3) is 0.286. The second-order valence-corrected chi connectivity index (χ2v) is 8.40. The molecule has 2 aromatic carbocycles. The van der Waals surface area contributed by atoms with Crippen molar-refractivity contribution in [2.24, 2.45) is 4.99 Å². The summed E-state index contributed by atoms with van der Waals surface area (Å²) in [5.41, 5.74) is 2.62. The van der Waals surface area contributed by atoms with Crippen LogP contribution < -0.4 is 4.80 Å². The number of fused-ring (bicyclic) bond motifs is 1. The van der Waals surface area contributed by atoms with Crippen molar-refractivity contribution >= 4 is 45.2 Å². The standard InChI is InChI=1S/C21H22N2O3S2/c1-13(2)14-9-10-16-18(11-14)28-21(23(16)12-19(24)26-3)22-20(25)15-7-5-6-8-17(15)27-4/h5-11,13H,12H2,1-4H3. The Morgan fingerprint density at radius 2 is 1.96 bits per heavy atom. The highest BCUT2D eigenvalue weighted by Crippen LogP contribution is 2.24. The lowest BCUT2D eigenvalue weighted by Gasteiger charge is -2.07. The van der Waals surface area contributed by atoms with E-state index < -0.39 is 0 Å². The van der Waals surface area contributed by atoms with Gasteiger partial charge in [0.2, 0.25) is 0 Å². The van der Waals surface area contributed by atoms with Crippen LogP contribution in [0.3, 0.4) is 0 Å². The van der Waals surface area contributed by atoms with Crippen molar-refractivity contribution < 1.29 is 14.3 Å². The molecule has 0 saturated carbocycles. The summed E-state index contributed by atoms with van der Waals surface area (Å²) in [6, 6.07) is 13.5. The van der Waals surface area contributed by atoms with Crippen LogP contribution in [-0.2, 0) is 16.1 Å². The van der Waals surface area contributed by atoms with Crippen molar-refractivity contribution in [3.8, 4) is 0 Å². The fourth-order valence-electron chi connectivity index (χ4n) is 2.85. The predicted molar refractivity (Wildman–Crippen MR) is 114 cm³/mol. The first-order chi connectivity index (χ1) is 13.4. The van der Waals surface area contributed by atoms with Crippen LogP contribution in [0.25, 0.3) is 10.2 Å². The number of benzene rings is 2. The van der Waals surface area contributed by atoms with Gasteiger partial charge in [0.05, 0.1) is 22.9 Å². The molecule has 0 aliphatic heterocycles. The number of hydrogen-bond donors (Lipinski definition) is 0. The molecule has 28 heavy (non-hydrogen) atoms. The number of amides is 1. The van der Waals surface area contributed by atoms with Gasteiger partial charge >= 0.3 is 5.97 Å². The summed E-state index contributed by atoms with van der Waals surface area (Å²) in [5.74, 6) is -0.318. The van der Waals surface area contributed by atoms with Gasteiger partial charge in [0.15, 0.2) is 4.80 Å². The number of aromatic nitrogens is 1. The number of carbonyl (C=O) groups is 2. The Bertz CT molecular complexity index is 1100. The zero-order chi connectivity index (χ0) is 20.3. The van der Waals surface area contributed by atoms with Crippen molar-refractivity contribution in [3.05, 3.63) is 58.4 Å². The molecule has 0 aliphatic carbocycles. The monoisotopic (exact) mass is 414 g/mol. The SMILES string of the molecule is COC(=O)Cn1c(=NC(=O)c2ccccc2SC)sc2cc(C(C)C)ccc21. The highest BCUT2D eigenvalue weighted by Gasteiger charge is 2.15. The summed E-state index contributed by atoms with van der Waals surface area (Å²) in [4.78, 5) is 30.5. The molecule has 1 aromatic heterocycles. The van der Waals surface area contributed by atoms with Gasteiger partial charge in [-0.15, -0.1) is 11.8 Å². The second kappa shape index (κ2) is 8.75. The zero-order valence-corrected chi connectivity index (χ0v) is 17.9. The Labute approximate surface area is 172 Å². The molecule has 7 heteroatoms. The van der Waals surface area contributed by atoms with E-state index in [1.54, 1.807) is 10.6 Å². The van der Waals surface area contributed by atoms with E-state index in [1.165, 1.54) is 35.8 Å². The second-order valence-electron chi connectivity index (χ2n) is 6.55. The Hall–Kier alpha value is -2.38. The van der Waals surface area contributed by atoms with E-state index in [4.69, 9.17) is 4.74 Å². The molecule has 3 rings (SSSR count). The van der Waals surface area contributed by atoms with Crippen LogP contribution in [0.1, 0.15) is 35.7 Å². The molecule has 0 N–H and O–H groups in total. The molecule has 5 nitrogen and oxygen atoms in total. The number of ether oxygens (including phenoxy) is 1. The van der Waals surface area contributed by atoms with Crippen LogP contribution in [0.4, 0.5) is 0 Å². The quantitative estimate of drug-likeness (QED) is 0.457. The molecular formula is C21H22N2O3S2. The van der Waals surface area contributed by atoms with Crippen molar-refractivity contribution in [2.75, 3.05) is 13.4 Å². The molecule has 0 radical (unpaired) electrons. The molecule has 0 unspecified atom stereocenters. The first kappa shape index (κ1) is 20.4. The number of rotatable bonds is 5. The van der Waals surface area contributed by atoms with Crippen molar-refractivity contribution in [1.29, 1.82) is 0 Å². The maximum Gasteiger partial charge on any atom is 0.325 e. The topological polar surface area (TPSA) is 60.7 Å². The molecule has 0 aliphatic rings. The maximum absolute atomic E-state index is 12.9. The van der Waals surface area contributed by atoms with Gasteiger partial charge in [-0.05, 0) is 42.0 Å². The smallest absolute Gasteiger partial charge is 0.325 e. The van der Waals surface area contributed by atoms with Crippen molar-refractivity contribution in [3.63, 3.8) is 0 Å². The minimum atomic E-state index is -0.383. The third-order valence-corrected chi connectivity index (χ3v) is 6.26. The van der Waals surface area contributed by atoms with Crippen LogP contribution in [0.2, 0.25) is 0 Å². The lowest BCUT2D eigenvalue weighted by atomic mass is 10.0. The predicted octanol–water partition coefficient (Wildman–Crippen LogP) is 4.46. The molecule has 0 saturated heterocycles. The average molecular weight is 415 g/mol. The van der Waals surface area contributed by atoms with Gasteiger partial charge in [0.25, 0.3) is 5.91 Å². The summed E-state index contributed by atoms with van der Waals surface area (Å²) >= 11 is 2.91. The molecule has 0 fully saturated rings. The minimum absolute atomic E-state index is 0.00775. The number of hydrogen-bond acceptors (Lipinski definition) is 5. The molecule has 0 bridgehead atoms. The summed E-state index contributed by atoms with van der Waals surface area (Å²) in [6.07, 6.45) is 1.93. The van der Waals surface area contributed by atoms with E-state index >= 15 is 0 Å². The number of carbonyl (C=O) groups excluding carboxylic acids is 2. The Kier molecular flexibility index (Phi) is 6.36. The Balaban J connectivity index is 2.17. The van der Waals surface area contributed by atoms with Gasteiger partial charge in [-0.1, -0.05) is 43.4 Å². The van der Waals surface area contributed by atoms with E-state index in [-0.39, 0.29) is 18.4 Å². The first-order valence-corrected chi connectivity index (χ1v) is 10.9. The first-order valence-electron chi connectivity index (χ1n) is 8.86. The maximum atomic E-state index is 12.9. The van der Waals surface area contributed by atoms with Crippen LogP contribution in [0, 0.1) is 0 Å². The Morgan fingerprint density at radius 3 is 2.64 bits per heavy atom. The van der Waals surface area contributed by atoms with Crippen molar-refractivity contribution in [2.45, 2.75) is 31.2 Å². The van der Waals surface area contributed by atoms with Crippen LogP contribution in [-0.4, -0.2) is 29.8 Å². The lowest BCUT2D eigenvalue weighted by Crippen LogP contribution is -2.22. The van der Waals surface area contributed by atoms with Crippen LogP contribution in [0.15, 0.2) is 52.4 Å². The molecule has 1 amide bonds. The summed E-state index contributed by atoms with van der Waals surface area (Å²) in [7, 11) is 1.35. The van der Waals surface area contributed by atoms with Gasteiger partial charge in [0, 0.05) is 4.90 Å². The molecule has 0 atom stereocenters. The highest BCUT2D eigenvalue weighted by molar-refractivity contribution is 7.98. The van der Waals surface area contributed by atoms with Gasteiger partial charge < -0.3 is 9.30 Å². The van der Waals surface area contributed by atoms with E-state index in [0.717, 1.165) is 15.1 Å². The van der Waals surface area contributed by atoms with Crippen LogP contribution >= 0.6 is 23.1 Å². The fourth-order valence-corrected chi connectivity index (χ4v) is 4.52. The largest absolute Gasteiger partial charge is 0.468 e. The number of nitrogens with zero attached hydrogens (tertiary/aromatic N) is 2. The zero-order valence-electron chi connectivity index (χ0n) is 16.3. The average Bonchev–Trinajstić information content (AvgIpc) is 3.03. The third-order valence-electron chi connectivity index (χ3n) is 4.42. The molecule has 3 aromatic rings. The normalized spacial score (nSPS) is 12.0. The van der Waals surface area contributed by atoms with E-state index in [9.17, 15) is 9.59 Å². The van der Waals surface area contributed by atoms with E-state index in [0.29, 0.717) is 16.3 Å². The van der Waals surface area contributed by atoms with E-state index in [1.807, 2.05) is 36.6 Å². The number of esters is 1. The van der Waals surface area contributed by atoms with Gasteiger partial charge in [-0.25, -0.2) is 0 Å². The molecule has 0 spiro atoms. The molecule has 1 heterocycles. The summed E-state index contributed by atoms with van der Waals surface area (Å²) in [6.45, 7) is 4.27. The summed E-state index contributed by atoms with van der Waals surface area (Å²) in [5, 5.41) is 0. The van der Waals surface area contributed by atoms with Gasteiger partial charge in [-0.3, -0.25) is 9.59 Å². The number of thiazole rings is 1. The van der Waals surface area contributed by atoms with Crippen molar-refractivity contribution in [1.82, 2.24) is 4.57 Å². The van der Waals surface area contributed by atoms with Crippen LogP contribution in [0.5, 0.6) is 0 Å². The highest BCUT2D eigenvalue weighted by atomic mass is 32.2. The Morgan fingerprint density at radius 1 is 1.21 bits per heavy atom.